The first kappa shape index (κ1) is 18.3. The maximum atomic E-state index is 6.42. The van der Waals surface area contributed by atoms with E-state index in [9.17, 15) is 0 Å². The van der Waals surface area contributed by atoms with Crippen molar-refractivity contribution in [3.63, 3.8) is 0 Å². The van der Waals surface area contributed by atoms with Crippen LogP contribution in [0.4, 0.5) is 0 Å². The van der Waals surface area contributed by atoms with E-state index in [2.05, 4.69) is 26.3 Å². The Bertz CT molecular complexity index is 709. The summed E-state index contributed by atoms with van der Waals surface area (Å²) in [5.41, 5.74) is 1.13. The third-order valence-electron chi connectivity index (χ3n) is 5.45. The van der Waals surface area contributed by atoms with Crippen LogP contribution in [0.5, 0.6) is 0 Å². The lowest BCUT2D eigenvalue weighted by atomic mass is 9.78. The van der Waals surface area contributed by atoms with Gasteiger partial charge in [-0.3, -0.25) is 9.88 Å². The van der Waals surface area contributed by atoms with Gasteiger partial charge in [-0.2, -0.15) is 0 Å². The first-order valence-corrected chi connectivity index (χ1v) is 10.5. The Kier molecular flexibility index (Phi) is 5.86. The van der Waals surface area contributed by atoms with E-state index in [4.69, 9.17) is 16.3 Å². The largest absolute Gasteiger partial charge is 0.371 e. The molecule has 2 fully saturated rings. The Balaban J connectivity index is 1.42. The monoisotopic (exact) mass is 392 g/mol. The lowest BCUT2D eigenvalue weighted by Crippen LogP contribution is -2.63. The Morgan fingerprint density at radius 1 is 1.38 bits per heavy atom. The van der Waals surface area contributed by atoms with Gasteiger partial charge in [-0.1, -0.05) is 30.5 Å². The zero-order chi connectivity index (χ0) is 17.8. The van der Waals surface area contributed by atoms with Crippen LogP contribution in [0.3, 0.4) is 0 Å². The minimum Gasteiger partial charge on any atom is -0.371 e. The normalized spacial score (nSPS) is 27.0. The number of nitrogens with one attached hydrogen (secondary N) is 1. The Hall–Kier alpha value is -1.05. The van der Waals surface area contributed by atoms with Crippen LogP contribution in [0.2, 0.25) is 4.47 Å². The molecule has 1 aliphatic carbocycles. The maximum absolute atomic E-state index is 6.42. The molecule has 2 aromatic rings. The molecule has 1 spiro atoms. The number of nitrogens with zero attached hydrogens (tertiary/aromatic N) is 3. The van der Waals surface area contributed by atoms with Crippen LogP contribution < -0.4 is 5.32 Å². The molecule has 2 atom stereocenters. The van der Waals surface area contributed by atoms with Gasteiger partial charge in [-0.15, -0.1) is 11.3 Å². The predicted molar refractivity (Wildman–Crippen MR) is 104 cm³/mol. The van der Waals surface area contributed by atoms with Gasteiger partial charge in [0.25, 0.3) is 0 Å². The summed E-state index contributed by atoms with van der Waals surface area (Å²) in [5.74, 6) is 0. The van der Waals surface area contributed by atoms with E-state index in [1.807, 2.05) is 24.7 Å². The summed E-state index contributed by atoms with van der Waals surface area (Å²) in [6.45, 7) is 4.47. The fraction of sp³-hybridized carbons (Fsp3) is 0.579. The van der Waals surface area contributed by atoms with E-state index < -0.39 is 0 Å². The lowest BCUT2D eigenvalue weighted by Gasteiger charge is -2.50. The molecule has 0 aromatic carbocycles. The van der Waals surface area contributed by atoms with Crippen molar-refractivity contribution in [1.82, 2.24) is 20.2 Å². The van der Waals surface area contributed by atoms with E-state index in [0.717, 1.165) is 39.2 Å². The van der Waals surface area contributed by atoms with Crippen molar-refractivity contribution in [2.45, 2.75) is 50.4 Å². The molecule has 7 heteroatoms. The standard InChI is InChI=1S/C19H25ClN4OS/c20-18-23-12-16(26-18)13-24-8-9-25-19(14-24)6-2-1-5-17(19)22-11-15-4-3-7-21-10-15/h3-4,7,10,12,17,22H,1-2,5-6,8-9,11,13-14H2/t17-,19-/m1/s1. The molecule has 5 nitrogen and oxygen atoms in total. The van der Waals surface area contributed by atoms with Crippen LogP contribution in [0, 0.1) is 0 Å². The highest BCUT2D eigenvalue weighted by Gasteiger charge is 2.44. The fourth-order valence-corrected chi connectivity index (χ4v) is 5.22. The van der Waals surface area contributed by atoms with E-state index >= 15 is 0 Å². The van der Waals surface area contributed by atoms with Crippen molar-refractivity contribution < 1.29 is 4.74 Å². The number of thiazole rings is 1. The maximum Gasteiger partial charge on any atom is 0.183 e. The van der Waals surface area contributed by atoms with Gasteiger partial charge in [0.2, 0.25) is 0 Å². The number of rotatable bonds is 5. The van der Waals surface area contributed by atoms with Crippen LogP contribution in [0.15, 0.2) is 30.7 Å². The molecule has 0 radical (unpaired) electrons. The Morgan fingerprint density at radius 3 is 3.15 bits per heavy atom. The average molecular weight is 393 g/mol. The molecule has 1 aliphatic heterocycles. The topological polar surface area (TPSA) is 50.3 Å². The van der Waals surface area contributed by atoms with Crippen molar-refractivity contribution in [2.75, 3.05) is 19.7 Å². The first-order valence-electron chi connectivity index (χ1n) is 9.32. The summed E-state index contributed by atoms with van der Waals surface area (Å²) in [4.78, 5) is 12.1. The van der Waals surface area contributed by atoms with E-state index in [0.29, 0.717) is 10.5 Å². The molecule has 1 saturated carbocycles. The van der Waals surface area contributed by atoms with Crippen molar-refractivity contribution in [1.29, 1.82) is 0 Å². The smallest absolute Gasteiger partial charge is 0.183 e. The average Bonchev–Trinajstić information content (AvgIpc) is 3.07. The third-order valence-corrected chi connectivity index (χ3v) is 6.55. The summed E-state index contributed by atoms with van der Waals surface area (Å²) >= 11 is 7.57. The summed E-state index contributed by atoms with van der Waals surface area (Å²) in [6, 6.07) is 4.49. The molecule has 4 rings (SSSR count). The lowest BCUT2D eigenvalue weighted by molar-refractivity contribution is -0.145. The second kappa shape index (κ2) is 8.31. The van der Waals surface area contributed by atoms with Crippen molar-refractivity contribution >= 4 is 22.9 Å². The van der Waals surface area contributed by atoms with Crippen molar-refractivity contribution in [3.8, 4) is 0 Å². The molecule has 0 unspecified atom stereocenters. The van der Waals surface area contributed by atoms with Gasteiger partial charge in [0.1, 0.15) is 0 Å². The van der Waals surface area contributed by atoms with Crippen LogP contribution >= 0.6 is 22.9 Å². The zero-order valence-electron chi connectivity index (χ0n) is 14.9. The van der Waals surface area contributed by atoms with Gasteiger partial charge < -0.3 is 10.1 Å². The number of morpholine rings is 1. The van der Waals surface area contributed by atoms with Crippen LogP contribution in [0.1, 0.15) is 36.1 Å². The van der Waals surface area contributed by atoms with Gasteiger partial charge in [0.15, 0.2) is 4.47 Å². The van der Waals surface area contributed by atoms with Crippen molar-refractivity contribution in [2.24, 2.45) is 0 Å². The molecule has 0 amide bonds. The number of hydrogen-bond donors (Lipinski definition) is 1. The van der Waals surface area contributed by atoms with Gasteiger partial charge >= 0.3 is 0 Å². The van der Waals surface area contributed by atoms with E-state index in [1.165, 1.54) is 29.7 Å². The van der Waals surface area contributed by atoms with Crippen LogP contribution in [-0.4, -0.2) is 46.2 Å². The molecule has 2 aliphatic rings. The highest BCUT2D eigenvalue weighted by atomic mass is 35.5. The van der Waals surface area contributed by atoms with Crippen LogP contribution in [0.25, 0.3) is 0 Å². The second-order valence-corrected chi connectivity index (χ2v) is 8.94. The highest BCUT2D eigenvalue weighted by molar-refractivity contribution is 7.15. The van der Waals surface area contributed by atoms with Crippen LogP contribution in [-0.2, 0) is 17.8 Å². The molecule has 1 saturated heterocycles. The number of ether oxygens (including phenoxy) is 1. The molecule has 1 N–H and O–H groups in total. The summed E-state index contributed by atoms with van der Waals surface area (Å²) in [5, 5.41) is 3.76. The third kappa shape index (κ3) is 4.26. The van der Waals surface area contributed by atoms with Crippen molar-refractivity contribution in [3.05, 3.63) is 45.6 Å². The minimum absolute atomic E-state index is 0.0901. The van der Waals surface area contributed by atoms with Gasteiger partial charge in [-0.25, -0.2) is 4.98 Å². The number of halogens is 1. The Labute approximate surface area is 163 Å². The molecule has 3 heterocycles. The summed E-state index contributed by atoms with van der Waals surface area (Å²) in [7, 11) is 0. The zero-order valence-corrected chi connectivity index (χ0v) is 16.4. The van der Waals surface area contributed by atoms with Gasteiger partial charge in [-0.05, 0) is 24.5 Å². The van der Waals surface area contributed by atoms with Gasteiger partial charge in [0.05, 0.1) is 12.2 Å². The number of pyridine rings is 1. The fourth-order valence-electron chi connectivity index (χ4n) is 4.20. The Morgan fingerprint density at radius 2 is 2.35 bits per heavy atom. The highest BCUT2D eigenvalue weighted by Crippen LogP contribution is 2.36. The quantitative estimate of drug-likeness (QED) is 0.843. The molecule has 140 valence electrons. The molecule has 0 bridgehead atoms. The number of aromatic nitrogens is 2. The first-order chi connectivity index (χ1) is 12.7. The van der Waals surface area contributed by atoms with E-state index in [-0.39, 0.29) is 5.60 Å². The molecular weight excluding hydrogens is 368 g/mol. The number of hydrogen-bond acceptors (Lipinski definition) is 6. The van der Waals surface area contributed by atoms with E-state index in [1.54, 1.807) is 11.3 Å². The molecule has 26 heavy (non-hydrogen) atoms. The predicted octanol–water partition coefficient (Wildman–Crippen LogP) is 3.49. The minimum atomic E-state index is -0.0901. The van der Waals surface area contributed by atoms with Gasteiger partial charge in [0, 0.05) is 55.7 Å². The SMILES string of the molecule is Clc1ncc(CN2CCO[C@]3(CCCC[C@H]3NCc3cccnc3)C2)s1. The summed E-state index contributed by atoms with van der Waals surface area (Å²) in [6.07, 6.45) is 10.4. The second-order valence-electron chi connectivity index (χ2n) is 7.24. The molecular formula is C19H25ClN4OS. The summed E-state index contributed by atoms with van der Waals surface area (Å²) < 4.78 is 7.04. The molecule has 2 aromatic heterocycles.